The second-order valence-corrected chi connectivity index (χ2v) is 5.75. The van der Waals surface area contributed by atoms with Gasteiger partial charge in [0.15, 0.2) is 11.6 Å². The molecule has 2 rings (SSSR count). The molecular weight excluding hydrogens is 409 g/mol. The van der Waals surface area contributed by atoms with E-state index < -0.39 is 5.82 Å². The molecule has 0 atom stereocenters. The van der Waals surface area contributed by atoms with Crippen molar-refractivity contribution in [2.45, 2.75) is 0 Å². The minimum atomic E-state index is -0.577. The van der Waals surface area contributed by atoms with Crippen LogP contribution in [-0.4, -0.2) is 14.2 Å². The standard InChI is InChI=1S/C14H12Br2FNO3/c1-19-11-3-8(16)12(4-7(11)15)21-13-6-14(20-2)10(18)5-9(13)17/h3-6H,18H2,1-2H3. The molecular formula is C14H12Br2FNO3. The maximum Gasteiger partial charge on any atom is 0.168 e. The minimum absolute atomic E-state index is 0.0128. The average Bonchev–Trinajstić information content (AvgIpc) is 2.45. The van der Waals surface area contributed by atoms with Crippen LogP contribution in [0.3, 0.4) is 0 Å². The summed E-state index contributed by atoms with van der Waals surface area (Å²) < 4.78 is 31.0. The lowest BCUT2D eigenvalue weighted by atomic mass is 10.2. The van der Waals surface area contributed by atoms with E-state index in [2.05, 4.69) is 31.9 Å². The Morgan fingerprint density at radius 1 is 0.857 bits per heavy atom. The van der Waals surface area contributed by atoms with Crippen LogP contribution in [0.25, 0.3) is 0 Å². The Hall–Kier alpha value is -1.47. The zero-order chi connectivity index (χ0) is 15.6. The van der Waals surface area contributed by atoms with Crippen molar-refractivity contribution in [2.24, 2.45) is 0 Å². The first kappa shape index (κ1) is 15.9. The third-order valence-electron chi connectivity index (χ3n) is 2.71. The van der Waals surface area contributed by atoms with E-state index in [-0.39, 0.29) is 11.4 Å². The molecule has 0 aliphatic rings. The fourth-order valence-electron chi connectivity index (χ4n) is 1.67. The highest BCUT2D eigenvalue weighted by Gasteiger charge is 2.14. The number of nitrogens with two attached hydrogens (primary N) is 1. The maximum atomic E-state index is 13.9. The Balaban J connectivity index is 2.41. The third kappa shape index (κ3) is 3.41. The van der Waals surface area contributed by atoms with Gasteiger partial charge in [-0.05, 0) is 44.0 Å². The Morgan fingerprint density at radius 3 is 2.05 bits per heavy atom. The van der Waals surface area contributed by atoms with Crippen LogP contribution < -0.4 is 19.9 Å². The summed E-state index contributed by atoms with van der Waals surface area (Å²) in [6.07, 6.45) is 0. The highest BCUT2D eigenvalue weighted by Crippen LogP contribution is 2.40. The normalized spacial score (nSPS) is 10.3. The minimum Gasteiger partial charge on any atom is -0.496 e. The summed E-state index contributed by atoms with van der Waals surface area (Å²) in [7, 11) is 3.00. The predicted octanol–water partition coefficient (Wildman–Crippen LogP) is 4.74. The van der Waals surface area contributed by atoms with Crippen molar-refractivity contribution in [3.8, 4) is 23.0 Å². The summed E-state index contributed by atoms with van der Waals surface area (Å²) in [5.74, 6) is 0.832. The first-order valence-corrected chi connectivity index (χ1v) is 7.38. The van der Waals surface area contributed by atoms with Gasteiger partial charge in [0.1, 0.15) is 17.2 Å². The van der Waals surface area contributed by atoms with E-state index in [1.165, 1.54) is 13.2 Å². The fourth-order valence-corrected chi connectivity index (χ4v) is 2.56. The van der Waals surface area contributed by atoms with Crippen LogP contribution in [0.15, 0.2) is 33.2 Å². The van der Waals surface area contributed by atoms with Crippen molar-refractivity contribution >= 4 is 37.5 Å². The molecule has 112 valence electrons. The number of ether oxygens (including phenoxy) is 3. The quantitative estimate of drug-likeness (QED) is 0.725. The largest absolute Gasteiger partial charge is 0.496 e. The van der Waals surface area contributed by atoms with Crippen molar-refractivity contribution in [1.82, 2.24) is 0 Å². The number of anilines is 1. The highest BCUT2D eigenvalue weighted by atomic mass is 79.9. The number of nitrogen functional groups attached to an aromatic ring is 1. The predicted molar refractivity (Wildman–Crippen MR) is 85.8 cm³/mol. The zero-order valence-electron chi connectivity index (χ0n) is 11.2. The summed E-state index contributed by atoms with van der Waals surface area (Å²) in [5.41, 5.74) is 5.84. The van der Waals surface area contributed by atoms with E-state index >= 15 is 0 Å². The second-order valence-electron chi connectivity index (χ2n) is 4.04. The third-order valence-corrected chi connectivity index (χ3v) is 3.95. The lowest BCUT2D eigenvalue weighted by Gasteiger charge is -2.13. The Labute approximate surface area is 138 Å². The Bertz CT molecular complexity index is 680. The van der Waals surface area contributed by atoms with E-state index in [1.807, 2.05) is 0 Å². The van der Waals surface area contributed by atoms with Crippen molar-refractivity contribution < 1.29 is 18.6 Å². The molecule has 2 N–H and O–H groups in total. The highest BCUT2D eigenvalue weighted by molar-refractivity contribution is 9.11. The van der Waals surface area contributed by atoms with Gasteiger partial charge in [0, 0.05) is 12.1 Å². The summed E-state index contributed by atoms with van der Waals surface area (Å²) >= 11 is 6.70. The van der Waals surface area contributed by atoms with Crippen molar-refractivity contribution in [3.63, 3.8) is 0 Å². The average molecular weight is 421 g/mol. The van der Waals surface area contributed by atoms with Gasteiger partial charge in [-0.15, -0.1) is 0 Å². The molecule has 0 bridgehead atoms. The first-order chi connectivity index (χ1) is 9.96. The molecule has 0 amide bonds. The number of benzene rings is 2. The second kappa shape index (κ2) is 6.53. The number of methoxy groups -OCH3 is 2. The number of hydrogen-bond donors (Lipinski definition) is 1. The molecule has 0 aromatic heterocycles. The molecule has 7 heteroatoms. The monoisotopic (exact) mass is 419 g/mol. The van der Waals surface area contributed by atoms with Gasteiger partial charge < -0.3 is 19.9 Å². The molecule has 0 unspecified atom stereocenters. The topological polar surface area (TPSA) is 53.7 Å². The molecule has 21 heavy (non-hydrogen) atoms. The molecule has 4 nitrogen and oxygen atoms in total. The SMILES string of the molecule is COc1cc(Oc2cc(Br)c(OC)cc2Br)c(F)cc1N. The van der Waals surface area contributed by atoms with Crippen LogP contribution in [0.5, 0.6) is 23.0 Å². The summed E-state index contributed by atoms with van der Waals surface area (Å²) in [4.78, 5) is 0. The smallest absolute Gasteiger partial charge is 0.168 e. The molecule has 0 saturated heterocycles. The summed E-state index contributed by atoms with van der Waals surface area (Å²) in [6.45, 7) is 0. The van der Waals surface area contributed by atoms with E-state index in [9.17, 15) is 4.39 Å². The summed E-state index contributed by atoms with van der Waals surface area (Å²) in [5, 5.41) is 0. The van der Waals surface area contributed by atoms with Gasteiger partial charge in [0.25, 0.3) is 0 Å². The van der Waals surface area contributed by atoms with Crippen molar-refractivity contribution in [1.29, 1.82) is 0 Å². The van der Waals surface area contributed by atoms with Gasteiger partial charge in [0.05, 0.1) is 28.9 Å². The van der Waals surface area contributed by atoms with Crippen molar-refractivity contribution in [3.05, 3.63) is 39.0 Å². The molecule has 0 spiro atoms. The first-order valence-electron chi connectivity index (χ1n) is 5.80. The fraction of sp³-hybridized carbons (Fsp3) is 0.143. The van der Waals surface area contributed by atoms with E-state index in [0.29, 0.717) is 26.2 Å². The van der Waals surface area contributed by atoms with Crippen LogP contribution in [0, 0.1) is 5.82 Å². The van der Waals surface area contributed by atoms with Crippen molar-refractivity contribution in [2.75, 3.05) is 20.0 Å². The van der Waals surface area contributed by atoms with Gasteiger partial charge >= 0.3 is 0 Å². The molecule has 0 aliphatic heterocycles. The van der Waals surface area contributed by atoms with Gasteiger partial charge in [0.2, 0.25) is 0 Å². The maximum absolute atomic E-state index is 13.9. The van der Waals surface area contributed by atoms with Crippen LogP contribution in [-0.2, 0) is 0 Å². The molecule has 0 fully saturated rings. The molecule has 0 radical (unpaired) electrons. The zero-order valence-corrected chi connectivity index (χ0v) is 14.4. The molecule has 0 heterocycles. The van der Waals surface area contributed by atoms with Gasteiger partial charge in [-0.25, -0.2) is 4.39 Å². The molecule has 0 aliphatic carbocycles. The van der Waals surface area contributed by atoms with Gasteiger partial charge in [-0.3, -0.25) is 0 Å². The van der Waals surface area contributed by atoms with E-state index in [4.69, 9.17) is 19.9 Å². The molecule has 0 saturated carbocycles. The van der Waals surface area contributed by atoms with Gasteiger partial charge in [-0.1, -0.05) is 0 Å². The number of halogens is 3. The van der Waals surface area contributed by atoms with Gasteiger partial charge in [-0.2, -0.15) is 0 Å². The Kier molecular flexibility index (Phi) is 4.95. The van der Waals surface area contributed by atoms with Crippen LogP contribution in [0.2, 0.25) is 0 Å². The van der Waals surface area contributed by atoms with E-state index in [0.717, 1.165) is 6.07 Å². The van der Waals surface area contributed by atoms with E-state index in [1.54, 1.807) is 19.2 Å². The van der Waals surface area contributed by atoms with Crippen LogP contribution in [0.4, 0.5) is 10.1 Å². The Morgan fingerprint density at radius 2 is 1.43 bits per heavy atom. The van der Waals surface area contributed by atoms with Crippen LogP contribution >= 0.6 is 31.9 Å². The lowest BCUT2D eigenvalue weighted by Crippen LogP contribution is -1.97. The number of hydrogen-bond acceptors (Lipinski definition) is 4. The number of rotatable bonds is 4. The molecule has 2 aromatic rings. The molecule has 2 aromatic carbocycles. The van der Waals surface area contributed by atoms with Crippen LogP contribution in [0.1, 0.15) is 0 Å². The lowest BCUT2D eigenvalue weighted by molar-refractivity contribution is 0.399. The summed E-state index contributed by atoms with van der Waals surface area (Å²) in [6, 6.07) is 5.94.